The van der Waals surface area contributed by atoms with Crippen molar-refractivity contribution in [3.05, 3.63) is 12.3 Å². The van der Waals surface area contributed by atoms with Crippen LogP contribution >= 0.6 is 0 Å². The lowest BCUT2D eigenvalue weighted by Gasteiger charge is -2.34. The first-order valence-corrected chi connectivity index (χ1v) is 7.11. The summed E-state index contributed by atoms with van der Waals surface area (Å²) in [6, 6.07) is 1.66. The van der Waals surface area contributed by atoms with Gasteiger partial charge in [-0.2, -0.15) is 4.98 Å². The standard InChI is InChI=1S/C9H15N5O2S/c1-7-6-17(15,16)5-4-14(7)8-2-3-11-9(12-8)13-10/h2-3,7H,4-6,10H2,1H3,(H,11,12,13). The molecule has 0 aliphatic carbocycles. The topological polar surface area (TPSA) is 101 Å². The van der Waals surface area contributed by atoms with E-state index in [1.807, 2.05) is 11.8 Å². The highest BCUT2D eigenvalue weighted by Crippen LogP contribution is 2.19. The van der Waals surface area contributed by atoms with Crippen molar-refractivity contribution in [1.29, 1.82) is 0 Å². The molecule has 0 spiro atoms. The molecule has 2 heterocycles. The van der Waals surface area contributed by atoms with Crippen LogP contribution in [-0.2, 0) is 9.84 Å². The summed E-state index contributed by atoms with van der Waals surface area (Å²) in [5, 5.41) is 0. The van der Waals surface area contributed by atoms with E-state index in [1.54, 1.807) is 12.3 Å². The van der Waals surface area contributed by atoms with Gasteiger partial charge in [-0.15, -0.1) is 0 Å². The van der Waals surface area contributed by atoms with Gasteiger partial charge in [0, 0.05) is 18.8 Å². The zero-order chi connectivity index (χ0) is 12.5. The summed E-state index contributed by atoms with van der Waals surface area (Å²) in [5.41, 5.74) is 2.37. The van der Waals surface area contributed by atoms with Crippen LogP contribution in [0.2, 0.25) is 0 Å². The van der Waals surface area contributed by atoms with Crippen molar-refractivity contribution in [3.63, 3.8) is 0 Å². The molecule has 0 bridgehead atoms. The lowest BCUT2D eigenvalue weighted by molar-refractivity contribution is 0.567. The van der Waals surface area contributed by atoms with Gasteiger partial charge in [0.05, 0.1) is 11.5 Å². The molecule has 8 heteroatoms. The van der Waals surface area contributed by atoms with Crippen molar-refractivity contribution in [3.8, 4) is 0 Å². The number of nitrogens with two attached hydrogens (primary N) is 1. The molecule has 1 unspecified atom stereocenters. The van der Waals surface area contributed by atoms with Crippen molar-refractivity contribution in [1.82, 2.24) is 9.97 Å². The van der Waals surface area contributed by atoms with Crippen LogP contribution < -0.4 is 16.2 Å². The minimum atomic E-state index is -2.91. The number of hydrogen-bond acceptors (Lipinski definition) is 7. The highest BCUT2D eigenvalue weighted by molar-refractivity contribution is 7.91. The summed E-state index contributed by atoms with van der Waals surface area (Å²) in [4.78, 5) is 10.1. The summed E-state index contributed by atoms with van der Waals surface area (Å²) in [6.07, 6.45) is 1.59. The van der Waals surface area contributed by atoms with E-state index >= 15 is 0 Å². The normalized spacial score (nSPS) is 23.4. The van der Waals surface area contributed by atoms with Gasteiger partial charge in [0.25, 0.3) is 0 Å². The Balaban J connectivity index is 2.23. The number of nitrogen functional groups attached to an aromatic ring is 1. The Morgan fingerprint density at radius 3 is 3.00 bits per heavy atom. The van der Waals surface area contributed by atoms with Gasteiger partial charge in [-0.05, 0) is 13.0 Å². The van der Waals surface area contributed by atoms with Crippen LogP contribution in [0.25, 0.3) is 0 Å². The Bertz CT molecular complexity index is 504. The molecule has 1 aromatic heterocycles. The Morgan fingerprint density at radius 2 is 2.35 bits per heavy atom. The number of anilines is 2. The molecule has 0 aromatic carbocycles. The van der Waals surface area contributed by atoms with Gasteiger partial charge in [0.15, 0.2) is 9.84 Å². The van der Waals surface area contributed by atoms with E-state index in [-0.39, 0.29) is 17.5 Å². The van der Waals surface area contributed by atoms with Gasteiger partial charge in [0.1, 0.15) is 5.82 Å². The molecule has 94 valence electrons. The third-order valence-electron chi connectivity index (χ3n) is 2.73. The van der Waals surface area contributed by atoms with Crippen LogP contribution in [0.5, 0.6) is 0 Å². The van der Waals surface area contributed by atoms with E-state index in [1.165, 1.54) is 0 Å². The Hall–Kier alpha value is -1.41. The van der Waals surface area contributed by atoms with Gasteiger partial charge < -0.3 is 4.90 Å². The van der Waals surface area contributed by atoms with Gasteiger partial charge in [-0.25, -0.2) is 19.2 Å². The fourth-order valence-corrected chi connectivity index (χ4v) is 3.47. The predicted octanol–water partition coefficient (Wildman–Crippen LogP) is -0.614. The first-order valence-electron chi connectivity index (χ1n) is 5.28. The highest BCUT2D eigenvalue weighted by atomic mass is 32.2. The smallest absolute Gasteiger partial charge is 0.239 e. The lowest BCUT2D eigenvalue weighted by atomic mass is 10.3. The molecule has 2 rings (SSSR count). The van der Waals surface area contributed by atoms with E-state index < -0.39 is 9.84 Å². The van der Waals surface area contributed by atoms with Crippen LogP contribution in [0, 0.1) is 0 Å². The van der Waals surface area contributed by atoms with Crippen LogP contribution in [0.3, 0.4) is 0 Å². The molecule has 1 saturated heterocycles. The number of aromatic nitrogens is 2. The highest BCUT2D eigenvalue weighted by Gasteiger charge is 2.28. The Labute approximate surface area is 99.9 Å². The second kappa shape index (κ2) is 4.46. The number of nitrogens with one attached hydrogen (secondary N) is 1. The van der Waals surface area contributed by atoms with E-state index in [4.69, 9.17) is 5.84 Å². The van der Waals surface area contributed by atoms with Crippen molar-refractivity contribution < 1.29 is 8.42 Å². The number of rotatable bonds is 2. The van der Waals surface area contributed by atoms with Crippen molar-refractivity contribution >= 4 is 21.6 Å². The van der Waals surface area contributed by atoms with Gasteiger partial charge in [0.2, 0.25) is 5.95 Å². The lowest BCUT2D eigenvalue weighted by Crippen LogP contribution is -2.47. The van der Waals surface area contributed by atoms with Crippen molar-refractivity contribution in [2.45, 2.75) is 13.0 Å². The average molecular weight is 257 g/mol. The van der Waals surface area contributed by atoms with E-state index in [0.29, 0.717) is 18.3 Å². The second-order valence-electron chi connectivity index (χ2n) is 4.04. The number of hydrazine groups is 1. The molecule has 0 radical (unpaired) electrons. The fraction of sp³-hybridized carbons (Fsp3) is 0.556. The quantitative estimate of drug-likeness (QED) is 0.538. The molecule has 0 amide bonds. The van der Waals surface area contributed by atoms with E-state index in [9.17, 15) is 8.42 Å². The van der Waals surface area contributed by atoms with Crippen LogP contribution in [0.15, 0.2) is 12.3 Å². The van der Waals surface area contributed by atoms with E-state index in [0.717, 1.165) is 0 Å². The summed E-state index contributed by atoms with van der Waals surface area (Å²) < 4.78 is 22.9. The van der Waals surface area contributed by atoms with Crippen molar-refractivity contribution in [2.75, 3.05) is 28.4 Å². The summed E-state index contributed by atoms with van der Waals surface area (Å²) in [6.45, 7) is 2.32. The number of hydrogen-bond donors (Lipinski definition) is 2. The summed E-state index contributed by atoms with van der Waals surface area (Å²) in [5.74, 6) is 6.56. The van der Waals surface area contributed by atoms with Gasteiger partial charge >= 0.3 is 0 Å². The monoisotopic (exact) mass is 257 g/mol. The summed E-state index contributed by atoms with van der Waals surface area (Å²) >= 11 is 0. The van der Waals surface area contributed by atoms with Gasteiger partial charge in [-0.1, -0.05) is 0 Å². The maximum Gasteiger partial charge on any atom is 0.239 e. The molecule has 1 aliphatic heterocycles. The maximum absolute atomic E-state index is 11.5. The van der Waals surface area contributed by atoms with Crippen LogP contribution in [0.1, 0.15) is 6.92 Å². The Kier molecular flexibility index (Phi) is 3.16. The molecule has 17 heavy (non-hydrogen) atoms. The fourth-order valence-electron chi connectivity index (χ4n) is 1.92. The average Bonchev–Trinajstić information content (AvgIpc) is 2.28. The van der Waals surface area contributed by atoms with Crippen LogP contribution in [0.4, 0.5) is 11.8 Å². The molecule has 1 fully saturated rings. The number of nitrogens with zero attached hydrogens (tertiary/aromatic N) is 3. The van der Waals surface area contributed by atoms with Crippen molar-refractivity contribution in [2.24, 2.45) is 5.84 Å². The second-order valence-corrected chi connectivity index (χ2v) is 6.27. The molecule has 7 nitrogen and oxygen atoms in total. The molecule has 1 aromatic rings. The molecular weight excluding hydrogens is 242 g/mol. The minimum absolute atomic E-state index is 0.0886. The predicted molar refractivity (Wildman–Crippen MR) is 65.3 cm³/mol. The molecular formula is C9H15N5O2S. The largest absolute Gasteiger partial charge is 0.352 e. The molecule has 3 N–H and O–H groups in total. The molecule has 0 saturated carbocycles. The zero-order valence-corrected chi connectivity index (χ0v) is 10.3. The molecule has 1 aliphatic rings. The first kappa shape index (κ1) is 12.1. The SMILES string of the molecule is CC1CS(=O)(=O)CCN1c1ccnc(NN)n1. The number of sulfone groups is 1. The third kappa shape index (κ3) is 2.64. The summed E-state index contributed by atoms with van der Waals surface area (Å²) in [7, 11) is -2.91. The molecule has 1 atom stereocenters. The third-order valence-corrected chi connectivity index (χ3v) is 4.53. The van der Waals surface area contributed by atoms with Gasteiger partial charge in [-0.3, -0.25) is 5.43 Å². The van der Waals surface area contributed by atoms with Crippen LogP contribution in [-0.4, -0.2) is 42.5 Å². The first-order chi connectivity index (χ1) is 8.02. The minimum Gasteiger partial charge on any atom is -0.352 e. The van der Waals surface area contributed by atoms with E-state index in [2.05, 4.69) is 15.4 Å². The zero-order valence-electron chi connectivity index (χ0n) is 9.50. The maximum atomic E-state index is 11.5. The Morgan fingerprint density at radius 1 is 1.59 bits per heavy atom.